The van der Waals surface area contributed by atoms with E-state index in [1.54, 1.807) is 32.2 Å². The molecule has 6 nitrogen and oxygen atoms in total. The minimum absolute atomic E-state index is 0.216. The zero-order valence-corrected chi connectivity index (χ0v) is 18.9. The highest BCUT2D eigenvalue weighted by atomic mass is 32.2. The molecule has 1 aliphatic rings. The van der Waals surface area contributed by atoms with Crippen molar-refractivity contribution in [2.45, 2.75) is 32.6 Å². The minimum atomic E-state index is -3.82. The van der Waals surface area contributed by atoms with Crippen LogP contribution in [0, 0.1) is 27.7 Å². The summed E-state index contributed by atoms with van der Waals surface area (Å²) in [6.45, 7) is 7.53. The van der Waals surface area contributed by atoms with E-state index in [0.29, 0.717) is 28.4 Å². The van der Waals surface area contributed by atoms with Gasteiger partial charge < -0.3 is 9.64 Å². The molecule has 3 aromatic rings. The summed E-state index contributed by atoms with van der Waals surface area (Å²) in [5, 5.41) is 0. The Kier molecular flexibility index (Phi) is 5.01. The number of rotatable bonds is 3. The maximum absolute atomic E-state index is 13.1. The molecule has 0 bridgehead atoms. The van der Waals surface area contributed by atoms with E-state index in [9.17, 15) is 13.2 Å². The molecule has 1 aliphatic heterocycles. The largest absolute Gasteiger partial charge is 0.454 e. The summed E-state index contributed by atoms with van der Waals surface area (Å²) in [6.07, 6.45) is 0. The van der Waals surface area contributed by atoms with Crippen molar-refractivity contribution in [3.63, 3.8) is 0 Å². The molecule has 160 valence electrons. The number of carbonyl (C=O) groups excluding carboxylic acids is 1. The lowest BCUT2D eigenvalue weighted by Gasteiger charge is -2.17. The number of hydrogen-bond donors (Lipinski definition) is 1. The Hall–Kier alpha value is -3.32. The Balaban J connectivity index is 1.72. The first-order chi connectivity index (χ1) is 14.6. The van der Waals surface area contributed by atoms with Crippen molar-refractivity contribution in [1.29, 1.82) is 0 Å². The average Bonchev–Trinajstić information content (AvgIpc) is 2.80. The summed E-state index contributed by atoms with van der Waals surface area (Å²) in [5.41, 5.74) is 4.83. The van der Waals surface area contributed by atoms with Gasteiger partial charge in [0.05, 0.1) is 16.1 Å². The maximum atomic E-state index is 13.1. The Labute approximate surface area is 182 Å². The third-order valence-corrected chi connectivity index (χ3v) is 7.07. The minimum Gasteiger partial charge on any atom is -0.454 e. The van der Waals surface area contributed by atoms with E-state index in [4.69, 9.17) is 4.74 Å². The van der Waals surface area contributed by atoms with Gasteiger partial charge in [0.15, 0.2) is 5.75 Å². The van der Waals surface area contributed by atoms with E-state index in [-0.39, 0.29) is 16.4 Å². The summed E-state index contributed by atoms with van der Waals surface area (Å²) in [7, 11) is -2.15. The molecule has 1 N–H and O–H groups in total. The Morgan fingerprint density at radius 2 is 1.52 bits per heavy atom. The molecule has 0 spiro atoms. The first-order valence-electron chi connectivity index (χ1n) is 9.88. The Morgan fingerprint density at radius 3 is 2.26 bits per heavy atom. The second-order valence-corrected chi connectivity index (χ2v) is 9.61. The third-order valence-electron chi connectivity index (χ3n) is 5.54. The van der Waals surface area contributed by atoms with Crippen LogP contribution in [0.25, 0.3) is 0 Å². The number of nitrogens with one attached hydrogen (secondary N) is 1. The van der Waals surface area contributed by atoms with Crippen molar-refractivity contribution in [1.82, 2.24) is 0 Å². The molecule has 7 heteroatoms. The van der Waals surface area contributed by atoms with Gasteiger partial charge in [0.25, 0.3) is 15.9 Å². The lowest BCUT2D eigenvalue weighted by Crippen LogP contribution is -2.25. The number of amides is 1. The molecule has 0 unspecified atom stereocenters. The van der Waals surface area contributed by atoms with Gasteiger partial charge in [0, 0.05) is 12.7 Å². The average molecular weight is 437 g/mol. The van der Waals surface area contributed by atoms with Gasteiger partial charge >= 0.3 is 0 Å². The van der Waals surface area contributed by atoms with Crippen LogP contribution in [0.15, 0.2) is 53.4 Å². The fourth-order valence-electron chi connectivity index (χ4n) is 3.67. The first-order valence-corrected chi connectivity index (χ1v) is 11.4. The number of benzene rings is 3. The molecule has 0 atom stereocenters. The van der Waals surface area contributed by atoms with E-state index < -0.39 is 10.0 Å². The van der Waals surface area contributed by atoms with Gasteiger partial charge in [-0.15, -0.1) is 0 Å². The van der Waals surface area contributed by atoms with Gasteiger partial charge in [-0.05, 0) is 86.3 Å². The van der Waals surface area contributed by atoms with Crippen molar-refractivity contribution in [2.75, 3.05) is 16.7 Å². The van der Waals surface area contributed by atoms with Crippen LogP contribution in [0.4, 0.5) is 11.4 Å². The highest BCUT2D eigenvalue weighted by Crippen LogP contribution is 2.39. The van der Waals surface area contributed by atoms with Crippen molar-refractivity contribution in [2.24, 2.45) is 0 Å². The highest BCUT2D eigenvalue weighted by Gasteiger charge is 2.27. The number of nitrogens with zero attached hydrogens (tertiary/aromatic N) is 1. The summed E-state index contributed by atoms with van der Waals surface area (Å²) < 4.78 is 34.7. The zero-order chi connectivity index (χ0) is 22.5. The van der Waals surface area contributed by atoms with Gasteiger partial charge in [-0.1, -0.05) is 12.1 Å². The van der Waals surface area contributed by atoms with Crippen LogP contribution in [0.3, 0.4) is 0 Å². The van der Waals surface area contributed by atoms with Gasteiger partial charge in [-0.25, -0.2) is 8.42 Å². The monoisotopic (exact) mass is 436 g/mol. The standard InChI is InChI=1S/C24H24N2O4S/c1-14-6-8-22-20(10-14)26(5)24(27)19-13-18(7-9-21(19)30-22)25-31(28,29)23-12-16(3)15(2)11-17(23)4/h6-13,25H,1-5H3. The number of fused-ring (bicyclic) bond motifs is 2. The predicted molar refractivity (Wildman–Crippen MR) is 122 cm³/mol. The van der Waals surface area contributed by atoms with Crippen LogP contribution in [0.5, 0.6) is 11.5 Å². The molecule has 0 aromatic heterocycles. The molecule has 1 heterocycles. The van der Waals surface area contributed by atoms with Crippen LogP contribution in [0.1, 0.15) is 32.6 Å². The summed E-state index contributed by atoms with van der Waals surface area (Å²) in [5.74, 6) is 0.673. The molecular weight excluding hydrogens is 412 g/mol. The molecule has 31 heavy (non-hydrogen) atoms. The summed E-state index contributed by atoms with van der Waals surface area (Å²) in [4.78, 5) is 14.8. The van der Waals surface area contributed by atoms with E-state index in [1.807, 2.05) is 45.0 Å². The number of hydrogen-bond acceptors (Lipinski definition) is 4. The van der Waals surface area contributed by atoms with Crippen molar-refractivity contribution in [3.8, 4) is 11.5 Å². The van der Waals surface area contributed by atoms with Crippen molar-refractivity contribution < 1.29 is 17.9 Å². The molecule has 0 radical (unpaired) electrons. The highest BCUT2D eigenvalue weighted by molar-refractivity contribution is 7.92. The van der Waals surface area contributed by atoms with Crippen LogP contribution in [-0.4, -0.2) is 21.4 Å². The van der Waals surface area contributed by atoms with Gasteiger partial charge in [0.2, 0.25) is 0 Å². The summed E-state index contributed by atoms with van der Waals surface area (Å²) in [6, 6.07) is 13.9. The smallest absolute Gasteiger partial charge is 0.262 e. The third kappa shape index (κ3) is 3.77. The van der Waals surface area contributed by atoms with Crippen LogP contribution in [0.2, 0.25) is 0 Å². The summed E-state index contributed by atoms with van der Waals surface area (Å²) >= 11 is 0. The number of carbonyl (C=O) groups is 1. The number of sulfonamides is 1. The predicted octanol–water partition coefficient (Wildman–Crippen LogP) is 5.10. The van der Waals surface area contributed by atoms with Crippen LogP contribution >= 0.6 is 0 Å². The maximum Gasteiger partial charge on any atom is 0.262 e. The van der Waals surface area contributed by atoms with E-state index in [2.05, 4.69) is 4.72 Å². The SMILES string of the molecule is Cc1ccc2c(c1)N(C)C(=O)c1cc(NS(=O)(=O)c3cc(C)c(C)cc3C)ccc1O2. The molecule has 0 aliphatic carbocycles. The van der Waals surface area contributed by atoms with E-state index in [1.165, 1.54) is 11.0 Å². The van der Waals surface area contributed by atoms with Crippen LogP contribution in [-0.2, 0) is 10.0 Å². The molecule has 0 saturated carbocycles. The second-order valence-electron chi connectivity index (χ2n) is 7.96. The number of aryl methyl sites for hydroxylation is 4. The lowest BCUT2D eigenvalue weighted by molar-refractivity contribution is 0.0993. The topological polar surface area (TPSA) is 75.7 Å². The molecule has 1 amide bonds. The molecule has 4 rings (SSSR count). The van der Waals surface area contributed by atoms with E-state index >= 15 is 0 Å². The van der Waals surface area contributed by atoms with Gasteiger partial charge in [0.1, 0.15) is 5.75 Å². The Morgan fingerprint density at radius 1 is 0.839 bits per heavy atom. The van der Waals surface area contributed by atoms with Gasteiger partial charge in [-0.2, -0.15) is 0 Å². The molecule has 0 saturated heterocycles. The fourth-order valence-corrected chi connectivity index (χ4v) is 5.03. The normalized spacial score (nSPS) is 13.2. The zero-order valence-electron chi connectivity index (χ0n) is 18.1. The molecular formula is C24H24N2O4S. The van der Waals surface area contributed by atoms with Gasteiger partial charge in [-0.3, -0.25) is 9.52 Å². The van der Waals surface area contributed by atoms with Crippen LogP contribution < -0.4 is 14.4 Å². The first kappa shape index (κ1) is 20.9. The quantitative estimate of drug-likeness (QED) is 0.620. The number of ether oxygens (including phenoxy) is 1. The van der Waals surface area contributed by atoms with E-state index in [0.717, 1.165) is 16.7 Å². The molecule has 3 aromatic carbocycles. The fraction of sp³-hybridized carbons (Fsp3) is 0.208. The molecule has 0 fully saturated rings. The lowest BCUT2D eigenvalue weighted by atomic mass is 10.1. The second kappa shape index (κ2) is 7.42. The Bertz CT molecular complexity index is 1330. The number of anilines is 2. The van der Waals surface area contributed by atoms with Crippen molar-refractivity contribution in [3.05, 3.63) is 76.3 Å². The van der Waals surface area contributed by atoms with Crippen molar-refractivity contribution >= 4 is 27.3 Å².